The first kappa shape index (κ1) is 68.7. The van der Waals surface area contributed by atoms with Crippen molar-refractivity contribution in [2.45, 2.75) is 167 Å². The van der Waals surface area contributed by atoms with Crippen LogP contribution in [0.15, 0.2) is 297 Å². The molecule has 2 aliphatic carbocycles. The van der Waals surface area contributed by atoms with E-state index in [0.717, 1.165) is 0 Å². The Hall–Kier alpha value is -10.1. The van der Waals surface area contributed by atoms with Gasteiger partial charge in [-0.25, -0.2) is 0 Å². The molecule has 0 spiro atoms. The molecule has 103 heavy (non-hydrogen) atoms. The van der Waals surface area contributed by atoms with Gasteiger partial charge < -0.3 is 4.90 Å². The number of nitrogens with zero attached hydrogens (tertiary/aromatic N) is 1. The molecule has 0 bridgehead atoms. The summed E-state index contributed by atoms with van der Waals surface area (Å²) in [4.78, 5) is 2.54. The van der Waals surface area contributed by atoms with Crippen molar-refractivity contribution in [2.75, 3.05) is 4.90 Å². The second-order valence-electron chi connectivity index (χ2n) is 29.7. The molecule has 1 heteroatoms. The van der Waals surface area contributed by atoms with E-state index in [4.69, 9.17) is 0 Å². The van der Waals surface area contributed by atoms with E-state index < -0.39 is 0 Å². The van der Waals surface area contributed by atoms with Crippen LogP contribution in [0.4, 0.5) is 17.1 Å². The quantitative estimate of drug-likeness (QED) is 0.0366. The van der Waals surface area contributed by atoms with Crippen LogP contribution in [0.3, 0.4) is 0 Å². The third-order valence-corrected chi connectivity index (χ3v) is 23.3. The van der Waals surface area contributed by atoms with Crippen molar-refractivity contribution in [3.63, 3.8) is 0 Å². The van der Waals surface area contributed by atoms with Gasteiger partial charge in [0.05, 0.1) is 5.69 Å². The average Bonchev–Trinajstić information content (AvgIpc) is 1.54. The predicted molar refractivity (Wildman–Crippen MR) is 447 cm³/mol. The van der Waals surface area contributed by atoms with E-state index in [1.165, 1.54) is 250 Å². The van der Waals surface area contributed by atoms with Crippen molar-refractivity contribution in [1.29, 1.82) is 0 Å². The molecule has 0 unspecified atom stereocenters. The largest absolute Gasteiger partial charge is 0.310 e. The van der Waals surface area contributed by atoms with Gasteiger partial charge >= 0.3 is 0 Å². The first-order valence-electron chi connectivity index (χ1n) is 39.4. The number of para-hydroxylation sites is 2. The number of hydrogen-bond acceptors (Lipinski definition) is 1. The summed E-state index contributed by atoms with van der Waals surface area (Å²) in [5.41, 5.74) is 26.2. The molecular weight excluding hydrogens is 1240 g/mol. The number of hydrogen-bond donors (Lipinski definition) is 0. The Bertz CT molecular complexity index is 5100. The number of fused-ring (bicyclic) bond motifs is 11. The SMILES string of the molecule is CCCCCCC1(CCCCCC)c2ccccc2-c2cc3c(cc21)-c1c(cc(N(c2ccccc2)c2ccccc2)c2ccccc12)C3(CCCCCC)CCCCCC.c1ccc(-c2c3ccccc3c(-c3cccc(-c4cccc(-c5cccc6ccccc56)c4)c3)c3ccccc23)cc1. The smallest absolute Gasteiger partial charge is 0.0543 e. The Balaban J connectivity index is 0.000000177. The first-order chi connectivity index (χ1) is 51.0. The second-order valence-corrected chi connectivity index (χ2v) is 29.7. The highest BCUT2D eigenvalue weighted by molar-refractivity contribution is 6.21. The van der Waals surface area contributed by atoms with Crippen molar-refractivity contribution in [3.8, 4) is 66.8 Å². The number of benzene rings is 14. The molecule has 0 fully saturated rings. The molecule has 14 aromatic rings. The Morgan fingerprint density at radius 3 is 1.14 bits per heavy atom. The maximum Gasteiger partial charge on any atom is 0.0543 e. The lowest BCUT2D eigenvalue weighted by Crippen LogP contribution is -2.27. The standard InChI is InChI=1S/C60H73N.C42H28/c1-5-9-13-27-39-59(40-28-14-10-6-2)53-38-26-25-35-48(53)51-43-55-52(44-54(51)59)58-50-37-24-23-36-49(50)57(61(46-31-19-17-20-32-46)47-33-21-18-22-34-47)45-56(58)60(55,41-29-15-11-7-3)42-30-16-12-8-4;1-2-14-30(15-3-1)41-37-22-6-8-24-39(37)42(40-25-9-7-23-38(40)41)34-20-11-18-32(28-34)31-17-10-19-33(27-31)36-26-12-16-29-13-4-5-21-35(29)36/h17-26,31-38,43-45H,5-16,27-30,39-42H2,1-4H3;1-28H. The van der Waals surface area contributed by atoms with Crippen LogP contribution in [-0.4, -0.2) is 0 Å². The van der Waals surface area contributed by atoms with Crippen LogP contribution in [0.2, 0.25) is 0 Å². The van der Waals surface area contributed by atoms with Gasteiger partial charge in [0.2, 0.25) is 0 Å². The Labute approximate surface area is 614 Å². The zero-order valence-electron chi connectivity index (χ0n) is 61.4. The highest BCUT2D eigenvalue weighted by atomic mass is 15.1. The normalized spacial score (nSPS) is 13.0. The van der Waals surface area contributed by atoms with Gasteiger partial charge in [0.25, 0.3) is 0 Å². The summed E-state index contributed by atoms with van der Waals surface area (Å²) in [5, 5.41) is 10.4. The molecule has 16 rings (SSSR count). The monoisotopic (exact) mass is 1340 g/mol. The molecule has 0 saturated heterocycles. The van der Waals surface area contributed by atoms with Gasteiger partial charge in [-0.05, 0) is 207 Å². The van der Waals surface area contributed by atoms with E-state index in [2.05, 4.69) is 330 Å². The van der Waals surface area contributed by atoms with Crippen molar-refractivity contribution < 1.29 is 0 Å². The number of rotatable bonds is 27. The fraction of sp³-hybridized carbons (Fsp3) is 0.255. The molecule has 0 N–H and O–H groups in total. The van der Waals surface area contributed by atoms with Crippen LogP contribution in [0.5, 0.6) is 0 Å². The van der Waals surface area contributed by atoms with Crippen LogP contribution >= 0.6 is 0 Å². The molecule has 0 aliphatic heterocycles. The molecule has 0 radical (unpaired) electrons. The minimum Gasteiger partial charge on any atom is -0.310 e. The van der Waals surface area contributed by atoms with Gasteiger partial charge in [-0.2, -0.15) is 0 Å². The summed E-state index contributed by atoms with van der Waals surface area (Å²) in [6, 6.07) is 111. The van der Waals surface area contributed by atoms with Gasteiger partial charge in [-0.1, -0.05) is 373 Å². The van der Waals surface area contributed by atoms with E-state index in [9.17, 15) is 0 Å². The lowest BCUT2D eigenvalue weighted by Gasteiger charge is -2.35. The fourth-order valence-corrected chi connectivity index (χ4v) is 18.3. The van der Waals surface area contributed by atoms with Crippen molar-refractivity contribution in [2.24, 2.45) is 0 Å². The Morgan fingerprint density at radius 2 is 0.592 bits per heavy atom. The molecule has 0 amide bonds. The van der Waals surface area contributed by atoms with Gasteiger partial charge in [0.1, 0.15) is 0 Å². The summed E-state index contributed by atoms with van der Waals surface area (Å²) >= 11 is 0. The lowest BCUT2D eigenvalue weighted by molar-refractivity contribution is 0.397. The molecule has 0 aromatic heterocycles. The van der Waals surface area contributed by atoms with Crippen LogP contribution in [0.1, 0.15) is 178 Å². The van der Waals surface area contributed by atoms with E-state index in [0.29, 0.717) is 0 Å². The highest BCUT2D eigenvalue weighted by Crippen LogP contribution is 2.63. The minimum absolute atomic E-state index is 0.0541. The Kier molecular flexibility index (Phi) is 21.1. The Morgan fingerprint density at radius 1 is 0.223 bits per heavy atom. The molecule has 14 aromatic carbocycles. The summed E-state index contributed by atoms with van der Waals surface area (Å²) in [7, 11) is 0. The summed E-state index contributed by atoms with van der Waals surface area (Å²) in [5.74, 6) is 0. The van der Waals surface area contributed by atoms with Crippen LogP contribution in [0.25, 0.3) is 110 Å². The van der Waals surface area contributed by atoms with Gasteiger partial charge in [0.15, 0.2) is 0 Å². The maximum absolute atomic E-state index is 2.81. The van der Waals surface area contributed by atoms with E-state index in [-0.39, 0.29) is 10.8 Å². The molecule has 0 heterocycles. The molecule has 0 saturated carbocycles. The second kappa shape index (κ2) is 31.7. The third kappa shape index (κ3) is 13.5. The molecule has 1 nitrogen and oxygen atoms in total. The minimum atomic E-state index is -0.0541. The van der Waals surface area contributed by atoms with Crippen LogP contribution in [-0.2, 0) is 10.8 Å². The van der Waals surface area contributed by atoms with Crippen molar-refractivity contribution in [1.82, 2.24) is 0 Å². The molecular formula is C102H101N. The number of unbranched alkanes of at least 4 members (excludes halogenated alkanes) is 12. The van der Waals surface area contributed by atoms with Gasteiger partial charge in [-0.3, -0.25) is 0 Å². The summed E-state index contributed by atoms with van der Waals surface area (Å²) < 4.78 is 0. The predicted octanol–water partition coefficient (Wildman–Crippen LogP) is 30.5. The third-order valence-electron chi connectivity index (χ3n) is 23.3. The topological polar surface area (TPSA) is 3.24 Å². The molecule has 2 aliphatic rings. The average molecular weight is 1340 g/mol. The molecule has 0 atom stereocenters. The van der Waals surface area contributed by atoms with E-state index in [1.54, 1.807) is 27.8 Å². The zero-order valence-corrected chi connectivity index (χ0v) is 61.4. The summed E-state index contributed by atoms with van der Waals surface area (Å²) in [6.45, 7) is 9.43. The zero-order chi connectivity index (χ0) is 70.0. The van der Waals surface area contributed by atoms with Crippen molar-refractivity contribution in [3.05, 3.63) is 320 Å². The fourth-order valence-electron chi connectivity index (χ4n) is 18.3. The highest BCUT2D eigenvalue weighted by Gasteiger charge is 2.49. The van der Waals surface area contributed by atoms with Gasteiger partial charge in [0, 0.05) is 27.6 Å². The van der Waals surface area contributed by atoms with E-state index in [1.807, 2.05) is 0 Å². The summed E-state index contributed by atoms with van der Waals surface area (Å²) in [6.07, 6.45) is 25.6. The maximum atomic E-state index is 2.81. The van der Waals surface area contributed by atoms with Crippen LogP contribution < -0.4 is 4.90 Å². The number of anilines is 3. The lowest BCUT2D eigenvalue weighted by atomic mass is 9.68. The van der Waals surface area contributed by atoms with Gasteiger partial charge in [-0.15, -0.1) is 0 Å². The van der Waals surface area contributed by atoms with Crippen LogP contribution in [0, 0.1) is 0 Å². The first-order valence-corrected chi connectivity index (χ1v) is 39.4. The van der Waals surface area contributed by atoms with E-state index >= 15 is 0 Å². The van der Waals surface area contributed by atoms with Crippen molar-refractivity contribution >= 4 is 60.2 Å². The molecule has 514 valence electrons.